The van der Waals surface area contributed by atoms with Crippen LogP contribution in [0.3, 0.4) is 0 Å². The number of thiophene rings is 1. The van der Waals surface area contributed by atoms with E-state index in [1.807, 2.05) is 0 Å². The highest BCUT2D eigenvalue weighted by Crippen LogP contribution is 2.32. The molecule has 0 radical (unpaired) electrons. The molecule has 0 aliphatic rings. The molecule has 0 saturated carbocycles. The Hall–Kier alpha value is -0.970. The van der Waals surface area contributed by atoms with Crippen molar-refractivity contribution in [1.29, 1.82) is 0 Å². The summed E-state index contributed by atoms with van der Waals surface area (Å²) in [5, 5.41) is 0. The Bertz CT molecular complexity index is 556. The van der Waals surface area contributed by atoms with Crippen LogP contribution in [0.15, 0.2) is 24.5 Å². The number of pyridine rings is 1. The first-order chi connectivity index (χ1) is 7.58. The highest BCUT2D eigenvalue weighted by atomic mass is 35.5. The summed E-state index contributed by atoms with van der Waals surface area (Å²) in [6, 6.07) is 2.57. The van der Waals surface area contributed by atoms with Gasteiger partial charge in [-0.3, -0.25) is 9.78 Å². The van der Waals surface area contributed by atoms with E-state index in [2.05, 4.69) is 4.98 Å². The van der Waals surface area contributed by atoms with Gasteiger partial charge in [-0.25, -0.2) is 4.39 Å². The third-order valence-electron chi connectivity index (χ3n) is 1.87. The van der Waals surface area contributed by atoms with Gasteiger partial charge in [0.1, 0.15) is 10.2 Å². The van der Waals surface area contributed by atoms with Crippen molar-refractivity contribution in [2.75, 3.05) is 0 Å². The smallest absolute Gasteiger partial charge is 0.197 e. The molecular weight excluding hydrogens is 272 g/mol. The van der Waals surface area contributed by atoms with Crippen molar-refractivity contribution in [2.45, 2.75) is 0 Å². The number of carbonyl (C=O) groups is 1. The largest absolute Gasteiger partial charge is 0.288 e. The molecule has 0 saturated heterocycles. The zero-order valence-corrected chi connectivity index (χ0v) is 10.0. The minimum Gasteiger partial charge on any atom is -0.288 e. The molecule has 2 aromatic heterocycles. The minimum atomic E-state index is -0.566. The average Bonchev–Trinajstić information content (AvgIpc) is 2.57. The molecule has 0 amide bonds. The molecule has 0 bridgehead atoms. The molecule has 0 N–H and O–H groups in total. The summed E-state index contributed by atoms with van der Waals surface area (Å²) >= 11 is 12.6. The second-order valence-electron chi connectivity index (χ2n) is 2.96. The fraction of sp³-hybridized carbons (Fsp3) is 0. The topological polar surface area (TPSA) is 30.0 Å². The Morgan fingerprint density at radius 3 is 2.62 bits per heavy atom. The number of aromatic nitrogens is 1. The summed E-state index contributed by atoms with van der Waals surface area (Å²) in [5.74, 6) is -0.955. The van der Waals surface area contributed by atoms with Crippen LogP contribution < -0.4 is 0 Å². The maximum Gasteiger partial charge on any atom is 0.197 e. The molecular formula is C10H4Cl2FNOS. The van der Waals surface area contributed by atoms with Gasteiger partial charge in [-0.2, -0.15) is 0 Å². The Morgan fingerprint density at radius 1 is 1.31 bits per heavy atom. The number of ketones is 1. The summed E-state index contributed by atoms with van der Waals surface area (Å²) < 4.78 is 13.6. The Balaban J connectivity index is 2.43. The van der Waals surface area contributed by atoms with Gasteiger partial charge < -0.3 is 0 Å². The summed E-state index contributed by atoms with van der Waals surface area (Å²) in [5.41, 5.74) is 0.417. The quantitative estimate of drug-likeness (QED) is 0.780. The third-order valence-corrected chi connectivity index (χ3v) is 3.36. The summed E-state index contributed by atoms with van der Waals surface area (Å²) in [6.07, 6.45) is 2.31. The van der Waals surface area contributed by atoms with Crippen LogP contribution >= 0.6 is 34.5 Å². The maximum absolute atomic E-state index is 12.9. The van der Waals surface area contributed by atoms with Crippen molar-refractivity contribution in [3.05, 3.63) is 50.1 Å². The molecule has 2 heterocycles. The zero-order chi connectivity index (χ0) is 11.7. The first kappa shape index (κ1) is 11.5. The van der Waals surface area contributed by atoms with Crippen LogP contribution in [0.1, 0.15) is 15.9 Å². The van der Waals surface area contributed by atoms with Gasteiger partial charge >= 0.3 is 0 Å². The molecule has 2 nitrogen and oxygen atoms in total. The summed E-state index contributed by atoms with van der Waals surface area (Å²) in [7, 11) is 0. The molecule has 2 aromatic rings. The van der Waals surface area contributed by atoms with Gasteiger partial charge in [-0.05, 0) is 12.1 Å². The van der Waals surface area contributed by atoms with Gasteiger partial charge in [0.05, 0.1) is 16.1 Å². The molecule has 0 spiro atoms. The second-order valence-corrected chi connectivity index (χ2v) is 5.24. The van der Waals surface area contributed by atoms with E-state index in [1.165, 1.54) is 12.3 Å². The predicted octanol–water partition coefficient (Wildman–Crippen LogP) is 3.82. The standard InChI is InChI=1S/C10H4Cl2FNOS/c11-8-2-7(10(12)16-8)9(15)5-1-6(13)4-14-3-5/h1-4H. The van der Waals surface area contributed by atoms with E-state index in [4.69, 9.17) is 23.2 Å². The zero-order valence-electron chi connectivity index (χ0n) is 7.71. The number of nitrogens with zero attached hydrogens (tertiary/aromatic N) is 1. The molecule has 0 aromatic carbocycles. The van der Waals surface area contributed by atoms with E-state index in [1.54, 1.807) is 0 Å². The van der Waals surface area contributed by atoms with Crippen molar-refractivity contribution >= 4 is 40.3 Å². The maximum atomic E-state index is 12.9. The van der Waals surface area contributed by atoms with Crippen LogP contribution in [0.25, 0.3) is 0 Å². The lowest BCUT2D eigenvalue weighted by Gasteiger charge is -1.98. The van der Waals surface area contributed by atoms with E-state index in [9.17, 15) is 9.18 Å². The van der Waals surface area contributed by atoms with E-state index in [-0.39, 0.29) is 16.9 Å². The normalized spacial score (nSPS) is 10.4. The lowest BCUT2D eigenvalue weighted by Crippen LogP contribution is -2.01. The number of rotatable bonds is 2. The van der Waals surface area contributed by atoms with Crippen LogP contribution in [0, 0.1) is 5.82 Å². The monoisotopic (exact) mass is 275 g/mol. The fourth-order valence-electron chi connectivity index (χ4n) is 1.19. The minimum absolute atomic E-state index is 0.149. The molecule has 6 heteroatoms. The Kier molecular flexibility index (Phi) is 3.23. The van der Waals surface area contributed by atoms with Crippen molar-refractivity contribution in [3.8, 4) is 0 Å². The van der Waals surface area contributed by atoms with Gasteiger partial charge in [0, 0.05) is 11.8 Å². The summed E-state index contributed by atoms with van der Waals surface area (Å²) in [4.78, 5) is 15.5. The number of carbonyl (C=O) groups excluding carboxylic acids is 1. The SMILES string of the molecule is O=C(c1cncc(F)c1)c1cc(Cl)sc1Cl. The third kappa shape index (κ3) is 2.24. The molecule has 16 heavy (non-hydrogen) atoms. The van der Waals surface area contributed by atoms with Gasteiger partial charge in [0.15, 0.2) is 5.78 Å². The molecule has 2 rings (SSSR count). The van der Waals surface area contributed by atoms with Crippen molar-refractivity contribution in [3.63, 3.8) is 0 Å². The molecule has 82 valence electrons. The van der Waals surface area contributed by atoms with Crippen LogP contribution in [0.5, 0.6) is 0 Å². The van der Waals surface area contributed by atoms with Crippen molar-refractivity contribution in [2.24, 2.45) is 0 Å². The highest BCUT2D eigenvalue weighted by Gasteiger charge is 2.16. The molecule has 0 atom stereocenters. The van der Waals surface area contributed by atoms with E-state index >= 15 is 0 Å². The van der Waals surface area contributed by atoms with E-state index in [0.717, 1.165) is 23.6 Å². The number of hydrogen-bond acceptors (Lipinski definition) is 3. The average molecular weight is 276 g/mol. The van der Waals surface area contributed by atoms with Gasteiger partial charge in [-0.15, -0.1) is 11.3 Å². The van der Waals surface area contributed by atoms with Crippen LogP contribution in [-0.4, -0.2) is 10.8 Å². The van der Waals surface area contributed by atoms with Crippen molar-refractivity contribution < 1.29 is 9.18 Å². The van der Waals surface area contributed by atoms with Gasteiger partial charge in [0.2, 0.25) is 0 Å². The Morgan fingerprint density at radius 2 is 2.06 bits per heavy atom. The summed E-state index contributed by atoms with van der Waals surface area (Å²) in [6.45, 7) is 0. The first-order valence-electron chi connectivity index (χ1n) is 4.18. The van der Waals surface area contributed by atoms with Crippen molar-refractivity contribution in [1.82, 2.24) is 4.98 Å². The van der Waals surface area contributed by atoms with Crippen LogP contribution in [-0.2, 0) is 0 Å². The first-order valence-corrected chi connectivity index (χ1v) is 5.75. The molecule has 0 aliphatic carbocycles. The van der Waals surface area contributed by atoms with E-state index < -0.39 is 5.82 Å². The molecule has 0 aliphatic heterocycles. The number of hydrogen-bond donors (Lipinski definition) is 0. The fourth-order valence-corrected chi connectivity index (χ4v) is 2.64. The van der Waals surface area contributed by atoms with E-state index in [0.29, 0.717) is 8.67 Å². The lowest BCUT2D eigenvalue weighted by atomic mass is 10.1. The molecule has 0 unspecified atom stereocenters. The van der Waals surface area contributed by atoms with Gasteiger partial charge in [0.25, 0.3) is 0 Å². The van der Waals surface area contributed by atoms with Crippen LogP contribution in [0.2, 0.25) is 8.67 Å². The van der Waals surface area contributed by atoms with Gasteiger partial charge in [-0.1, -0.05) is 23.2 Å². The lowest BCUT2D eigenvalue weighted by molar-refractivity contribution is 0.103. The molecule has 0 fully saturated rings. The second kappa shape index (κ2) is 4.49. The van der Waals surface area contributed by atoms with Crippen LogP contribution in [0.4, 0.5) is 4.39 Å². The highest BCUT2D eigenvalue weighted by molar-refractivity contribution is 7.20. The number of halogens is 3. The Labute approximate surface area is 105 Å². The predicted molar refractivity (Wildman–Crippen MR) is 62.0 cm³/mol.